The van der Waals surface area contributed by atoms with Crippen LogP contribution in [0, 0.1) is 11.1 Å². The zero-order chi connectivity index (χ0) is 19.2. The summed E-state index contributed by atoms with van der Waals surface area (Å²) in [6.45, 7) is 3.99. The average molecular weight is 369 g/mol. The van der Waals surface area contributed by atoms with E-state index >= 15 is 0 Å². The van der Waals surface area contributed by atoms with E-state index in [0.717, 1.165) is 24.7 Å². The molecule has 1 fully saturated rings. The van der Waals surface area contributed by atoms with Crippen molar-refractivity contribution >= 4 is 23.3 Å². The highest BCUT2D eigenvalue weighted by Crippen LogP contribution is 2.24. The molecule has 1 aromatic heterocycles. The highest BCUT2D eigenvalue weighted by atomic mass is 16.5. The number of ether oxygens (including phenoxy) is 1. The van der Waals surface area contributed by atoms with Gasteiger partial charge in [-0.3, -0.25) is 4.79 Å². The van der Waals surface area contributed by atoms with Crippen LogP contribution in [0.3, 0.4) is 0 Å². The van der Waals surface area contributed by atoms with Crippen LogP contribution in [0.5, 0.6) is 0 Å². The number of nitrogens with zero attached hydrogens (tertiary/aromatic N) is 2. The molecule has 7 nitrogen and oxygen atoms in total. The summed E-state index contributed by atoms with van der Waals surface area (Å²) < 4.78 is 5.53. The average Bonchev–Trinajstić information content (AvgIpc) is 2.68. The van der Waals surface area contributed by atoms with Crippen molar-refractivity contribution in [3.63, 3.8) is 0 Å². The molecule has 0 spiro atoms. The molecule has 27 heavy (non-hydrogen) atoms. The molecule has 0 radical (unpaired) electrons. The van der Waals surface area contributed by atoms with Crippen LogP contribution in [0.15, 0.2) is 48.8 Å². The first kappa shape index (κ1) is 18.7. The van der Waals surface area contributed by atoms with E-state index in [-0.39, 0.29) is 5.56 Å². The van der Waals surface area contributed by atoms with E-state index < -0.39 is 18.5 Å². The number of nitrogens with one attached hydrogen (secondary N) is 1. The Kier molecular flexibility index (Phi) is 5.90. The van der Waals surface area contributed by atoms with E-state index in [9.17, 15) is 14.8 Å². The molecule has 1 N–H and O–H groups in total. The van der Waals surface area contributed by atoms with Crippen molar-refractivity contribution in [2.24, 2.45) is 5.92 Å². The normalized spacial score (nSPS) is 14.6. The van der Waals surface area contributed by atoms with E-state index in [2.05, 4.69) is 17.1 Å². The number of pyridine rings is 1. The van der Waals surface area contributed by atoms with Crippen molar-refractivity contribution in [2.75, 3.05) is 29.9 Å². The fourth-order valence-electron chi connectivity index (χ4n) is 2.98. The lowest BCUT2D eigenvalue weighted by Gasteiger charge is -2.32. The summed E-state index contributed by atoms with van der Waals surface area (Å²) in [7, 11) is 0. The molecule has 0 bridgehead atoms. The Morgan fingerprint density at radius 1 is 1.15 bits per heavy atom. The Labute approximate surface area is 158 Å². The molecule has 3 rings (SSSR count). The SMILES string of the molecule is CC1CCN(c2ccc(NC(=O)COC(=O)c3cc[n+]([O-])cc3)cc2)CC1. The van der Waals surface area contributed by atoms with Crippen molar-refractivity contribution in [1.29, 1.82) is 0 Å². The minimum Gasteiger partial charge on any atom is -0.619 e. The molecule has 0 aliphatic carbocycles. The van der Waals surface area contributed by atoms with E-state index in [1.807, 2.05) is 24.3 Å². The first-order valence-electron chi connectivity index (χ1n) is 9.02. The molecule has 2 aromatic rings. The van der Waals surface area contributed by atoms with Gasteiger partial charge >= 0.3 is 5.97 Å². The summed E-state index contributed by atoms with van der Waals surface area (Å²) in [5.41, 5.74) is 2.01. The van der Waals surface area contributed by atoms with Gasteiger partial charge in [-0.25, -0.2) is 4.79 Å². The largest absolute Gasteiger partial charge is 0.619 e. The first-order chi connectivity index (χ1) is 13.0. The minimum atomic E-state index is -0.652. The van der Waals surface area contributed by atoms with Crippen LogP contribution in [-0.2, 0) is 9.53 Å². The van der Waals surface area contributed by atoms with Crippen LogP contribution in [0.4, 0.5) is 11.4 Å². The second-order valence-corrected chi connectivity index (χ2v) is 6.79. The fraction of sp³-hybridized carbons (Fsp3) is 0.350. The Morgan fingerprint density at radius 3 is 2.41 bits per heavy atom. The molecular weight excluding hydrogens is 346 g/mol. The second-order valence-electron chi connectivity index (χ2n) is 6.79. The van der Waals surface area contributed by atoms with Crippen molar-refractivity contribution in [3.05, 3.63) is 59.6 Å². The van der Waals surface area contributed by atoms with Crippen LogP contribution in [-0.4, -0.2) is 31.6 Å². The van der Waals surface area contributed by atoms with E-state index in [0.29, 0.717) is 10.4 Å². The maximum absolute atomic E-state index is 12.0. The van der Waals surface area contributed by atoms with Gasteiger partial charge in [0.1, 0.15) is 0 Å². The van der Waals surface area contributed by atoms with Crippen molar-refractivity contribution in [1.82, 2.24) is 0 Å². The third kappa shape index (κ3) is 5.20. The maximum Gasteiger partial charge on any atom is 0.339 e. The number of aromatic nitrogens is 1. The van der Waals surface area contributed by atoms with E-state index in [4.69, 9.17) is 4.74 Å². The van der Waals surface area contributed by atoms with Crippen LogP contribution >= 0.6 is 0 Å². The number of hydrogen-bond donors (Lipinski definition) is 1. The predicted octanol–water partition coefficient (Wildman–Crippen LogP) is 2.35. The monoisotopic (exact) mass is 369 g/mol. The summed E-state index contributed by atoms with van der Waals surface area (Å²) in [5.74, 6) is -0.294. The van der Waals surface area contributed by atoms with Crippen LogP contribution in [0.2, 0.25) is 0 Å². The lowest BCUT2D eigenvalue weighted by atomic mass is 9.99. The van der Waals surface area contributed by atoms with E-state index in [1.54, 1.807) is 0 Å². The summed E-state index contributed by atoms with van der Waals surface area (Å²) in [6.07, 6.45) is 4.78. The number of carbonyl (C=O) groups is 2. The van der Waals surface area contributed by atoms with Crippen molar-refractivity contribution in [2.45, 2.75) is 19.8 Å². The molecule has 1 aliphatic heterocycles. The number of amides is 1. The molecule has 0 unspecified atom stereocenters. The number of piperidine rings is 1. The van der Waals surface area contributed by atoms with Gasteiger partial charge in [-0.2, -0.15) is 4.73 Å². The van der Waals surface area contributed by atoms with Gasteiger partial charge in [0, 0.05) is 36.6 Å². The number of carbonyl (C=O) groups excluding carboxylic acids is 2. The van der Waals surface area contributed by atoms with Gasteiger partial charge in [0.05, 0.1) is 5.56 Å². The molecule has 7 heteroatoms. The Hall–Kier alpha value is -3.09. The van der Waals surface area contributed by atoms with Crippen LogP contribution < -0.4 is 14.9 Å². The van der Waals surface area contributed by atoms with E-state index in [1.165, 1.54) is 37.4 Å². The molecule has 1 aliphatic rings. The van der Waals surface area contributed by atoms with Gasteiger partial charge < -0.3 is 20.2 Å². The lowest BCUT2D eigenvalue weighted by molar-refractivity contribution is -0.605. The minimum absolute atomic E-state index is 0.218. The lowest BCUT2D eigenvalue weighted by Crippen LogP contribution is -2.32. The van der Waals surface area contributed by atoms with Gasteiger partial charge in [-0.1, -0.05) is 6.92 Å². The molecule has 0 atom stereocenters. The number of hydrogen-bond acceptors (Lipinski definition) is 5. The van der Waals surface area contributed by atoms with Gasteiger partial charge in [-0.05, 0) is 43.0 Å². The number of benzene rings is 1. The molecule has 2 heterocycles. The number of anilines is 2. The van der Waals surface area contributed by atoms with Crippen LogP contribution in [0.25, 0.3) is 0 Å². The summed E-state index contributed by atoms with van der Waals surface area (Å²) in [5, 5.41) is 13.7. The Balaban J connectivity index is 1.47. The Bertz CT molecular complexity index is 782. The Morgan fingerprint density at radius 2 is 1.78 bits per heavy atom. The van der Waals surface area contributed by atoms with Crippen molar-refractivity contribution in [3.8, 4) is 0 Å². The second kappa shape index (κ2) is 8.53. The quantitative estimate of drug-likeness (QED) is 0.497. The van der Waals surface area contributed by atoms with Crippen LogP contribution in [0.1, 0.15) is 30.1 Å². The summed E-state index contributed by atoms with van der Waals surface area (Å²) in [6, 6.07) is 10.3. The molecule has 1 amide bonds. The zero-order valence-electron chi connectivity index (χ0n) is 15.3. The standard InChI is InChI=1S/C20H23N3O4/c1-15-6-10-22(11-7-15)18-4-2-17(3-5-18)21-19(24)14-27-20(25)16-8-12-23(26)13-9-16/h2-5,8-9,12-13,15H,6-7,10-11,14H2,1H3,(H,21,24). The maximum atomic E-state index is 12.0. The number of esters is 1. The molecule has 142 valence electrons. The molecule has 1 aromatic carbocycles. The van der Waals surface area contributed by atoms with Gasteiger partial charge in [-0.15, -0.1) is 0 Å². The number of rotatable bonds is 5. The third-order valence-corrected chi connectivity index (χ3v) is 4.67. The third-order valence-electron chi connectivity index (χ3n) is 4.67. The smallest absolute Gasteiger partial charge is 0.339 e. The highest BCUT2D eigenvalue weighted by molar-refractivity contribution is 5.95. The predicted molar refractivity (Wildman–Crippen MR) is 101 cm³/mol. The first-order valence-corrected chi connectivity index (χ1v) is 9.02. The van der Waals surface area contributed by atoms with Gasteiger partial charge in [0.2, 0.25) is 0 Å². The van der Waals surface area contributed by atoms with Gasteiger partial charge in [0.15, 0.2) is 19.0 Å². The topological polar surface area (TPSA) is 85.6 Å². The summed E-state index contributed by atoms with van der Waals surface area (Å²) in [4.78, 5) is 26.2. The highest BCUT2D eigenvalue weighted by Gasteiger charge is 2.16. The van der Waals surface area contributed by atoms with Crippen molar-refractivity contribution < 1.29 is 19.1 Å². The molecule has 1 saturated heterocycles. The molecule has 0 saturated carbocycles. The zero-order valence-corrected chi connectivity index (χ0v) is 15.3. The fourth-order valence-corrected chi connectivity index (χ4v) is 2.98. The summed E-state index contributed by atoms with van der Waals surface area (Å²) >= 11 is 0. The molecular formula is C20H23N3O4. The van der Waals surface area contributed by atoms with Gasteiger partial charge in [0.25, 0.3) is 5.91 Å².